The van der Waals surface area contributed by atoms with Gasteiger partial charge in [-0.3, -0.25) is 4.79 Å². The fourth-order valence-corrected chi connectivity index (χ4v) is 1.92. The second-order valence-electron chi connectivity index (χ2n) is 4.06. The van der Waals surface area contributed by atoms with Crippen molar-refractivity contribution in [1.82, 2.24) is 5.32 Å². The molecule has 0 saturated carbocycles. The number of halogens is 1. The Labute approximate surface area is 111 Å². The van der Waals surface area contributed by atoms with Crippen LogP contribution in [0.25, 0.3) is 0 Å². The molecule has 0 aromatic heterocycles. The fraction of sp³-hybridized carbons (Fsp3) is 0.308. The van der Waals surface area contributed by atoms with Crippen LogP contribution in [0.3, 0.4) is 0 Å². The van der Waals surface area contributed by atoms with Gasteiger partial charge in [-0.1, -0.05) is 17.5 Å². The molecule has 0 aliphatic rings. The smallest absolute Gasteiger partial charge is 0.231 e. The standard InChI is InChI=1S/C13H14ClNOS/c1-4-13(2,3)15-12(16)9-17-11-7-5-10(14)6-8-11/h1,5-8H,9H2,2-3H3,(H,15,16). The number of amides is 1. The first kappa shape index (κ1) is 14.0. The van der Waals surface area contributed by atoms with Gasteiger partial charge in [0.2, 0.25) is 5.91 Å². The van der Waals surface area contributed by atoms with Crippen molar-refractivity contribution in [1.29, 1.82) is 0 Å². The van der Waals surface area contributed by atoms with E-state index in [1.165, 1.54) is 11.8 Å². The lowest BCUT2D eigenvalue weighted by molar-refractivity contribution is -0.119. The van der Waals surface area contributed by atoms with Gasteiger partial charge in [0.05, 0.1) is 11.3 Å². The minimum Gasteiger partial charge on any atom is -0.340 e. The molecule has 4 heteroatoms. The number of rotatable bonds is 4. The quantitative estimate of drug-likeness (QED) is 0.671. The van der Waals surface area contributed by atoms with Crippen molar-refractivity contribution in [2.75, 3.05) is 5.75 Å². The molecule has 0 bridgehead atoms. The Morgan fingerprint density at radius 3 is 2.59 bits per heavy atom. The number of nitrogens with one attached hydrogen (secondary N) is 1. The third kappa shape index (κ3) is 5.16. The van der Waals surface area contributed by atoms with Crippen LogP contribution >= 0.6 is 23.4 Å². The second-order valence-corrected chi connectivity index (χ2v) is 5.55. The normalized spacial score (nSPS) is 10.7. The largest absolute Gasteiger partial charge is 0.340 e. The Bertz CT molecular complexity index is 434. The number of carbonyl (C=O) groups is 1. The molecule has 0 atom stereocenters. The van der Waals surface area contributed by atoms with Gasteiger partial charge in [0, 0.05) is 9.92 Å². The molecule has 0 heterocycles. The average molecular weight is 268 g/mol. The van der Waals surface area contributed by atoms with Gasteiger partial charge in [-0.2, -0.15) is 0 Å². The number of hydrogen-bond acceptors (Lipinski definition) is 2. The Morgan fingerprint density at radius 1 is 1.47 bits per heavy atom. The van der Waals surface area contributed by atoms with Crippen LogP contribution < -0.4 is 5.32 Å². The summed E-state index contributed by atoms with van der Waals surface area (Å²) in [5.74, 6) is 2.78. The number of terminal acetylenes is 1. The van der Waals surface area contributed by atoms with E-state index in [0.717, 1.165) is 4.90 Å². The molecule has 1 rings (SSSR count). The molecule has 1 amide bonds. The van der Waals surface area contributed by atoms with E-state index in [4.69, 9.17) is 18.0 Å². The first-order valence-electron chi connectivity index (χ1n) is 5.10. The topological polar surface area (TPSA) is 29.1 Å². The molecule has 0 spiro atoms. The van der Waals surface area contributed by atoms with E-state index in [2.05, 4.69) is 11.2 Å². The van der Waals surface area contributed by atoms with Crippen LogP contribution in [0.15, 0.2) is 29.2 Å². The molecule has 0 aliphatic heterocycles. The summed E-state index contributed by atoms with van der Waals surface area (Å²) in [5, 5.41) is 3.45. The van der Waals surface area contributed by atoms with Gasteiger partial charge in [0.25, 0.3) is 0 Å². The van der Waals surface area contributed by atoms with E-state index >= 15 is 0 Å². The SMILES string of the molecule is C#CC(C)(C)NC(=O)CSc1ccc(Cl)cc1. The van der Waals surface area contributed by atoms with Crippen LogP contribution in [-0.4, -0.2) is 17.2 Å². The molecule has 2 nitrogen and oxygen atoms in total. The maximum Gasteiger partial charge on any atom is 0.231 e. The van der Waals surface area contributed by atoms with Crippen molar-refractivity contribution in [3.8, 4) is 12.3 Å². The van der Waals surface area contributed by atoms with E-state index < -0.39 is 5.54 Å². The van der Waals surface area contributed by atoms with Crippen molar-refractivity contribution < 1.29 is 4.79 Å². The van der Waals surface area contributed by atoms with Gasteiger partial charge < -0.3 is 5.32 Å². The van der Waals surface area contributed by atoms with Crippen LogP contribution in [0.1, 0.15) is 13.8 Å². The van der Waals surface area contributed by atoms with Gasteiger partial charge in [-0.05, 0) is 38.1 Å². The van der Waals surface area contributed by atoms with Crippen LogP contribution in [-0.2, 0) is 4.79 Å². The highest BCUT2D eigenvalue weighted by Gasteiger charge is 2.16. The third-order valence-electron chi connectivity index (χ3n) is 2.00. The zero-order chi connectivity index (χ0) is 12.9. The predicted octanol–water partition coefficient (Wildman–Crippen LogP) is 2.96. The summed E-state index contributed by atoms with van der Waals surface area (Å²) < 4.78 is 0. The summed E-state index contributed by atoms with van der Waals surface area (Å²) in [5.41, 5.74) is -0.600. The first-order valence-corrected chi connectivity index (χ1v) is 6.46. The van der Waals surface area contributed by atoms with E-state index in [-0.39, 0.29) is 5.91 Å². The van der Waals surface area contributed by atoms with E-state index in [1.54, 1.807) is 26.0 Å². The summed E-state index contributed by atoms with van der Waals surface area (Å²) in [6.45, 7) is 3.58. The minimum absolute atomic E-state index is 0.0760. The van der Waals surface area contributed by atoms with Gasteiger partial charge in [0.1, 0.15) is 0 Å². The summed E-state index contributed by atoms with van der Waals surface area (Å²) in [7, 11) is 0. The van der Waals surface area contributed by atoms with Crippen LogP contribution in [0.5, 0.6) is 0 Å². The second kappa shape index (κ2) is 6.00. The Balaban J connectivity index is 2.44. The summed E-state index contributed by atoms with van der Waals surface area (Å²) in [4.78, 5) is 12.6. The molecule has 0 radical (unpaired) electrons. The maximum atomic E-state index is 11.6. The summed E-state index contributed by atoms with van der Waals surface area (Å²) in [6, 6.07) is 7.36. The zero-order valence-electron chi connectivity index (χ0n) is 9.79. The molecule has 1 aromatic carbocycles. The van der Waals surface area contributed by atoms with Gasteiger partial charge >= 0.3 is 0 Å². The molecular weight excluding hydrogens is 254 g/mol. The zero-order valence-corrected chi connectivity index (χ0v) is 11.4. The summed E-state index contributed by atoms with van der Waals surface area (Å²) >= 11 is 7.22. The first-order chi connectivity index (χ1) is 7.93. The van der Waals surface area contributed by atoms with Crippen molar-refractivity contribution in [2.45, 2.75) is 24.3 Å². The van der Waals surface area contributed by atoms with Crippen molar-refractivity contribution in [3.63, 3.8) is 0 Å². The Morgan fingerprint density at radius 2 is 2.06 bits per heavy atom. The maximum absolute atomic E-state index is 11.6. The van der Waals surface area contributed by atoms with Crippen molar-refractivity contribution in [2.24, 2.45) is 0 Å². The molecule has 0 fully saturated rings. The number of thioether (sulfide) groups is 1. The lowest BCUT2D eigenvalue weighted by Crippen LogP contribution is -2.42. The molecule has 0 unspecified atom stereocenters. The lowest BCUT2D eigenvalue weighted by atomic mass is 10.1. The molecule has 90 valence electrons. The highest BCUT2D eigenvalue weighted by molar-refractivity contribution is 8.00. The fourth-order valence-electron chi connectivity index (χ4n) is 1.10. The van der Waals surface area contributed by atoms with Crippen molar-refractivity contribution >= 4 is 29.3 Å². The molecule has 0 saturated heterocycles. The third-order valence-corrected chi connectivity index (χ3v) is 3.26. The van der Waals surface area contributed by atoms with Crippen LogP contribution in [0, 0.1) is 12.3 Å². The van der Waals surface area contributed by atoms with Crippen LogP contribution in [0.2, 0.25) is 5.02 Å². The highest BCUT2D eigenvalue weighted by Crippen LogP contribution is 2.20. The number of carbonyl (C=O) groups excluding carboxylic acids is 1. The van der Waals surface area contributed by atoms with E-state index in [1.807, 2.05) is 12.1 Å². The molecule has 1 aromatic rings. The molecular formula is C13H14ClNOS. The average Bonchev–Trinajstić information content (AvgIpc) is 2.28. The minimum atomic E-state index is -0.600. The highest BCUT2D eigenvalue weighted by atomic mass is 35.5. The van der Waals surface area contributed by atoms with Gasteiger partial charge in [-0.15, -0.1) is 18.2 Å². The van der Waals surface area contributed by atoms with E-state index in [9.17, 15) is 4.79 Å². The monoisotopic (exact) mass is 267 g/mol. The van der Waals surface area contributed by atoms with Gasteiger partial charge in [0.15, 0.2) is 0 Å². The van der Waals surface area contributed by atoms with E-state index in [0.29, 0.717) is 10.8 Å². The van der Waals surface area contributed by atoms with Gasteiger partial charge in [-0.25, -0.2) is 0 Å². The Kier molecular flexibility index (Phi) is 4.92. The number of benzene rings is 1. The predicted molar refractivity (Wildman–Crippen MR) is 73.2 cm³/mol. The summed E-state index contributed by atoms with van der Waals surface area (Å²) in [6.07, 6.45) is 5.29. The molecule has 17 heavy (non-hydrogen) atoms. The van der Waals surface area contributed by atoms with Crippen molar-refractivity contribution in [3.05, 3.63) is 29.3 Å². The molecule has 1 N–H and O–H groups in total. The lowest BCUT2D eigenvalue weighted by Gasteiger charge is -2.19. The van der Waals surface area contributed by atoms with Crippen LogP contribution in [0.4, 0.5) is 0 Å². The molecule has 0 aliphatic carbocycles. The number of hydrogen-bond donors (Lipinski definition) is 1. The Hall–Kier alpha value is -1.11.